The largest absolute Gasteiger partial charge is 0.455 e. The molecule has 8 aromatic carbocycles. The lowest BCUT2D eigenvalue weighted by molar-refractivity contribution is 0.423. The van der Waals surface area contributed by atoms with Crippen LogP contribution in [-0.4, -0.2) is 4.57 Å². The van der Waals surface area contributed by atoms with Crippen molar-refractivity contribution in [1.82, 2.24) is 4.57 Å². The van der Waals surface area contributed by atoms with Crippen LogP contribution in [0, 0.1) is 0 Å². The Kier molecular flexibility index (Phi) is 6.78. The zero-order valence-corrected chi connectivity index (χ0v) is 29.5. The Labute approximate surface area is 303 Å². The van der Waals surface area contributed by atoms with Crippen LogP contribution in [0.15, 0.2) is 174 Å². The Morgan fingerprint density at radius 3 is 1.58 bits per heavy atom. The van der Waals surface area contributed by atoms with Gasteiger partial charge < -0.3 is 8.98 Å². The monoisotopic (exact) mass is 667 g/mol. The van der Waals surface area contributed by atoms with Crippen molar-refractivity contribution in [2.75, 3.05) is 0 Å². The van der Waals surface area contributed by atoms with Gasteiger partial charge in [-0.3, -0.25) is 0 Å². The third kappa shape index (κ3) is 4.64. The van der Waals surface area contributed by atoms with Crippen LogP contribution >= 0.6 is 0 Å². The lowest BCUT2D eigenvalue weighted by Gasteiger charge is -2.24. The first-order valence-electron chi connectivity index (χ1n) is 18.1. The van der Waals surface area contributed by atoms with Crippen LogP contribution in [0.5, 0.6) is 0 Å². The number of rotatable bonds is 4. The van der Waals surface area contributed by atoms with Gasteiger partial charge in [-0.2, -0.15) is 0 Å². The van der Waals surface area contributed by atoms with Gasteiger partial charge >= 0.3 is 0 Å². The number of furan rings is 1. The van der Waals surface area contributed by atoms with E-state index in [0.717, 1.165) is 27.5 Å². The van der Waals surface area contributed by atoms with Gasteiger partial charge in [-0.05, 0) is 101 Å². The van der Waals surface area contributed by atoms with Gasteiger partial charge in [0.05, 0.1) is 5.52 Å². The zero-order chi connectivity index (χ0) is 35.0. The molecule has 2 heterocycles. The SMILES string of the molecule is CC(C)(C)n1c2ccccc2c2c(-c3c4ccccc4c(-c4cc(-c5ccccc5)cc(-c5ccccc5)c4)c4c3oc3ccccc34)cccc21. The van der Waals surface area contributed by atoms with Crippen molar-refractivity contribution in [2.45, 2.75) is 26.3 Å². The molecule has 0 spiro atoms. The number of hydrogen-bond acceptors (Lipinski definition) is 1. The van der Waals surface area contributed by atoms with E-state index in [1.165, 1.54) is 71.5 Å². The molecule has 0 bridgehead atoms. The van der Waals surface area contributed by atoms with Crippen molar-refractivity contribution in [3.05, 3.63) is 170 Å². The Balaban J connectivity index is 1.38. The molecule has 0 saturated carbocycles. The van der Waals surface area contributed by atoms with Crippen molar-refractivity contribution in [3.63, 3.8) is 0 Å². The highest BCUT2D eigenvalue weighted by Crippen LogP contribution is 2.51. The van der Waals surface area contributed by atoms with Crippen LogP contribution in [0.1, 0.15) is 20.8 Å². The van der Waals surface area contributed by atoms with Gasteiger partial charge in [0.2, 0.25) is 0 Å². The number of nitrogens with zero attached hydrogens (tertiary/aromatic N) is 1. The predicted molar refractivity (Wildman–Crippen MR) is 221 cm³/mol. The second-order valence-corrected chi connectivity index (χ2v) is 14.9. The lowest BCUT2D eigenvalue weighted by Crippen LogP contribution is -2.21. The fourth-order valence-electron chi connectivity index (χ4n) is 8.53. The van der Waals surface area contributed by atoms with E-state index in [1.807, 2.05) is 0 Å². The summed E-state index contributed by atoms with van der Waals surface area (Å²) in [5.74, 6) is 0. The summed E-state index contributed by atoms with van der Waals surface area (Å²) in [7, 11) is 0. The van der Waals surface area contributed by atoms with Gasteiger partial charge in [-0.1, -0.05) is 133 Å². The van der Waals surface area contributed by atoms with Crippen molar-refractivity contribution < 1.29 is 4.42 Å². The molecule has 10 aromatic rings. The van der Waals surface area contributed by atoms with E-state index in [-0.39, 0.29) is 5.54 Å². The first kappa shape index (κ1) is 30.4. The summed E-state index contributed by atoms with van der Waals surface area (Å²) in [5, 5.41) is 7.15. The molecule has 0 aliphatic rings. The Hall–Kier alpha value is -6.38. The molecule has 0 aliphatic carbocycles. The smallest absolute Gasteiger partial charge is 0.144 e. The average molecular weight is 668 g/mol. The summed E-state index contributed by atoms with van der Waals surface area (Å²) in [6.07, 6.45) is 0. The van der Waals surface area contributed by atoms with Gasteiger partial charge in [-0.25, -0.2) is 0 Å². The Morgan fingerprint density at radius 1 is 0.404 bits per heavy atom. The molecule has 248 valence electrons. The van der Waals surface area contributed by atoms with Crippen LogP contribution in [0.25, 0.3) is 99.0 Å². The molecule has 0 N–H and O–H groups in total. The Bertz CT molecular complexity index is 2920. The van der Waals surface area contributed by atoms with Crippen LogP contribution in [-0.2, 0) is 5.54 Å². The molecule has 2 aromatic heterocycles. The molecule has 0 radical (unpaired) electrons. The third-order valence-corrected chi connectivity index (χ3v) is 10.6. The van der Waals surface area contributed by atoms with Gasteiger partial charge in [0.15, 0.2) is 0 Å². The summed E-state index contributed by atoms with van der Waals surface area (Å²) in [6.45, 7) is 6.88. The minimum Gasteiger partial charge on any atom is -0.455 e. The van der Waals surface area contributed by atoms with Crippen LogP contribution in [0.3, 0.4) is 0 Å². The topological polar surface area (TPSA) is 18.1 Å². The third-order valence-electron chi connectivity index (χ3n) is 10.6. The maximum Gasteiger partial charge on any atom is 0.144 e. The molecule has 0 fully saturated rings. The second-order valence-electron chi connectivity index (χ2n) is 14.9. The van der Waals surface area contributed by atoms with Crippen molar-refractivity contribution in [3.8, 4) is 44.5 Å². The minimum absolute atomic E-state index is 0.110. The quantitative estimate of drug-likeness (QED) is 0.183. The highest BCUT2D eigenvalue weighted by Gasteiger charge is 2.27. The summed E-state index contributed by atoms with van der Waals surface area (Å²) in [6, 6.07) is 61.6. The number of para-hydroxylation sites is 2. The normalized spacial score (nSPS) is 12.1. The van der Waals surface area contributed by atoms with Gasteiger partial charge in [-0.15, -0.1) is 0 Å². The molecule has 2 heteroatoms. The van der Waals surface area contributed by atoms with E-state index in [1.54, 1.807) is 0 Å². The summed E-state index contributed by atoms with van der Waals surface area (Å²) in [5.41, 5.74) is 13.6. The van der Waals surface area contributed by atoms with Gasteiger partial charge in [0.1, 0.15) is 11.2 Å². The van der Waals surface area contributed by atoms with E-state index in [4.69, 9.17) is 4.42 Å². The number of aromatic nitrogens is 1. The van der Waals surface area contributed by atoms with Crippen molar-refractivity contribution in [2.24, 2.45) is 0 Å². The highest BCUT2D eigenvalue weighted by molar-refractivity contribution is 6.29. The average Bonchev–Trinajstić information content (AvgIpc) is 3.74. The number of fused-ring (bicyclic) bond motifs is 7. The molecule has 52 heavy (non-hydrogen) atoms. The van der Waals surface area contributed by atoms with E-state index >= 15 is 0 Å². The molecule has 0 unspecified atom stereocenters. The van der Waals surface area contributed by atoms with Crippen LogP contribution in [0.4, 0.5) is 0 Å². The van der Waals surface area contributed by atoms with Crippen LogP contribution < -0.4 is 0 Å². The van der Waals surface area contributed by atoms with Crippen LogP contribution in [0.2, 0.25) is 0 Å². The second kappa shape index (κ2) is 11.6. The number of hydrogen-bond donors (Lipinski definition) is 0. The van der Waals surface area contributed by atoms with Crippen molar-refractivity contribution >= 4 is 54.5 Å². The van der Waals surface area contributed by atoms with E-state index in [2.05, 4.69) is 195 Å². The first-order valence-corrected chi connectivity index (χ1v) is 18.1. The summed E-state index contributed by atoms with van der Waals surface area (Å²) < 4.78 is 9.56. The molecule has 0 amide bonds. The summed E-state index contributed by atoms with van der Waals surface area (Å²) in [4.78, 5) is 0. The highest BCUT2D eigenvalue weighted by atomic mass is 16.3. The maximum absolute atomic E-state index is 7.07. The fourth-order valence-corrected chi connectivity index (χ4v) is 8.53. The number of benzene rings is 8. The molecule has 2 nitrogen and oxygen atoms in total. The zero-order valence-electron chi connectivity index (χ0n) is 29.5. The van der Waals surface area contributed by atoms with E-state index in [0.29, 0.717) is 0 Å². The van der Waals surface area contributed by atoms with Gasteiger partial charge in [0.25, 0.3) is 0 Å². The van der Waals surface area contributed by atoms with Gasteiger partial charge in [0, 0.05) is 43.7 Å². The maximum atomic E-state index is 7.07. The van der Waals surface area contributed by atoms with E-state index in [9.17, 15) is 0 Å². The predicted octanol–water partition coefficient (Wildman–Crippen LogP) is 14.3. The molecule has 10 rings (SSSR count). The molecular formula is C50H37NO. The molecule has 0 aliphatic heterocycles. The standard InChI is InChI=1S/C50H37NO/c1-50(2,3)51-42-26-14-12-23-39(42)46-41(25-16-27-43(46)51)47-38-22-11-10-21-37(38)45(48-40-24-13-15-28-44(40)52-49(47)48)36-30-34(32-17-6-4-7-18-32)29-35(31-36)33-19-8-5-9-20-33/h4-31H,1-3H3. The minimum atomic E-state index is -0.110. The van der Waals surface area contributed by atoms with Crippen molar-refractivity contribution in [1.29, 1.82) is 0 Å². The first-order chi connectivity index (χ1) is 25.5. The fraction of sp³-hybridized carbons (Fsp3) is 0.0800. The summed E-state index contributed by atoms with van der Waals surface area (Å²) >= 11 is 0. The molecule has 0 saturated heterocycles. The lowest BCUT2D eigenvalue weighted by atomic mass is 9.85. The molecule has 0 atom stereocenters. The molecular weight excluding hydrogens is 631 g/mol. The van der Waals surface area contributed by atoms with E-state index < -0.39 is 0 Å². The Morgan fingerprint density at radius 2 is 0.923 bits per heavy atom.